The fourth-order valence-electron chi connectivity index (χ4n) is 5.98. The van der Waals surface area contributed by atoms with E-state index < -0.39 is 0 Å². The van der Waals surface area contributed by atoms with Crippen LogP contribution < -0.4 is 5.32 Å². The van der Waals surface area contributed by atoms with Gasteiger partial charge in [-0.25, -0.2) is 0 Å². The van der Waals surface area contributed by atoms with Gasteiger partial charge in [-0.1, -0.05) is 66.2 Å². The molecule has 1 fully saturated rings. The number of H-pyrrole nitrogens is 1. The van der Waals surface area contributed by atoms with Crippen LogP contribution >= 0.6 is 0 Å². The van der Waals surface area contributed by atoms with Crippen LogP contribution in [0, 0.1) is 6.92 Å². The number of hydrogen-bond donors (Lipinski definition) is 2. The van der Waals surface area contributed by atoms with Gasteiger partial charge < -0.3 is 20.1 Å². The highest BCUT2D eigenvalue weighted by Crippen LogP contribution is 2.45. The monoisotopic (exact) mass is 506 g/mol. The minimum atomic E-state index is -0.274. The van der Waals surface area contributed by atoms with Gasteiger partial charge in [0.2, 0.25) is 5.91 Å². The molecule has 0 unspecified atom stereocenters. The number of fused-ring (bicyclic) bond motifs is 2. The van der Waals surface area contributed by atoms with Crippen molar-refractivity contribution in [3.63, 3.8) is 0 Å². The smallest absolute Gasteiger partial charge is 0.255 e. The first-order chi connectivity index (χ1) is 18.6. The second-order valence-electron chi connectivity index (χ2n) is 10.5. The van der Waals surface area contributed by atoms with E-state index in [0.717, 1.165) is 52.9 Å². The Morgan fingerprint density at radius 3 is 2.50 bits per heavy atom. The Hall–Kier alpha value is -3.90. The molecule has 0 aliphatic carbocycles. The maximum Gasteiger partial charge on any atom is 0.255 e. The van der Waals surface area contributed by atoms with Gasteiger partial charge in [0, 0.05) is 48.1 Å². The zero-order valence-corrected chi connectivity index (χ0v) is 21.9. The first-order valence-electron chi connectivity index (χ1n) is 13.7. The molecule has 0 bridgehead atoms. The summed E-state index contributed by atoms with van der Waals surface area (Å²) in [6.07, 6.45) is 2.76. The Morgan fingerprint density at radius 1 is 0.947 bits per heavy atom. The first kappa shape index (κ1) is 24.4. The molecule has 1 atom stereocenters. The van der Waals surface area contributed by atoms with Gasteiger partial charge >= 0.3 is 0 Å². The molecule has 0 spiro atoms. The van der Waals surface area contributed by atoms with Crippen molar-refractivity contribution in [2.75, 3.05) is 32.7 Å². The summed E-state index contributed by atoms with van der Waals surface area (Å²) in [6, 6.07) is 24.3. The van der Waals surface area contributed by atoms with Crippen LogP contribution in [0.2, 0.25) is 0 Å². The number of para-hydroxylation sites is 1. The minimum Gasteiger partial charge on any atom is -0.355 e. The Balaban J connectivity index is 1.32. The van der Waals surface area contributed by atoms with Crippen molar-refractivity contribution in [3.05, 3.63) is 95.1 Å². The number of rotatable bonds is 8. The second-order valence-corrected chi connectivity index (χ2v) is 10.5. The standard InChI is InChI=1S/C32H34N4O2/c1-22-12-14-23(15-13-22)30-29(26-10-4-5-11-27(26)34-30)31-24-8-2-3-9-25(24)32(38)36(31)20-16-28(37)33-17-21-35-18-6-7-19-35/h2-5,8-15,31,34H,6-7,16-21H2,1H3,(H,33,37)/t31-/m0/s1. The molecule has 38 heavy (non-hydrogen) atoms. The van der Waals surface area contributed by atoms with Gasteiger partial charge in [0.1, 0.15) is 0 Å². The highest BCUT2D eigenvalue weighted by atomic mass is 16.2. The van der Waals surface area contributed by atoms with Crippen LogP contribution in [0.25, 0.3) is 22.2 Å². The molecule has 3 aromatic carbocycles. The molecule has 2 aliphatic rings. The SMILES string of the molecule is Cc1ccc(-c2[nH]c3ccccc3c2[C@@H]2c3ccccc3C(=O)N2CCC(=O)NCCN2CCCC2)cc1. The van der Waals surface area contributed by atoms with Crippen LogP contribution in [0.1, 0.15) is 52.4 Å². The van der Waals surface area contributed by atoms with Crippen LogP contribution in [0.5, 0.6) is 0 Å². The van der Waals surface area contributed by atoms with Crippen molar-refractivity contribution in [1.82, 2.24) is 20.1 Å². The Kier molecular flexibility index (Phi) is 6.73. The van der Waals surface area contributed by atoms with Crippen molar-refractivity contribution in [3.8, 4) is 11.3 Å². The summed E-state index contributed by atoms with van der Waals surface area (Å²) < 4.78 is 0. The summed E-state index contributed by atoms with van der Waals surface area (Å²) in [5.74, 6) is -0.0278. The van der Waals surface area contributed by atoms with E-state index in [2.05, 4.69) is 64.6 Å². The largest absolute Gasteiger partial charge is 0.355 e. The number of aryl methyl sites for hydroxylation is 1. The van der Waals surface area contributed by atoms with E-state index in [9.17, 15) is 9.59 Å². The van der Waals surface area contributed by atoms with Crippen molar-refractivity contribution >= 4 is 22.7 Å². The number of hydrogen-bond acceptors (Lipinski definition) is 3. The molecular formula is C32H34N4O2. The van der Waals surface area contributed by atoms with Crippen LogP contribution in [0.3, 0.4) is 0 Å². The number of carbonyl (C=O) groups is 2. The number of aromatic nitrogens is 1. The lowest BCUT2D eigenvalue weighted by molar-refractivity contribution is -0.121. The van der Waals surface area contributed by atoms with Crippen LogP contribution in [0.4, 0.5) is 0 Å². The van der Waals surface area contributed by atoms with E-state index in [0.29, 0.717) is 18.7 Å². The van der Waals surface area contributed by atoms with Gasteiger partial charge in [-0.15, -0.1) is 0 Å². The van der Waals surface area contributed by atoms with E-state index >= 15 is 0 Å². The maximum atomic E-state index is 13.7. The van der Waals surface area contributed by atoms with Crippen LogP contribution in [-0.4, -0.2) is 59.3 Å². The molecule has 2 aliphatic heterocycles. The Morgan fingerprint density at radius 2 is 1.68 bits per heavy atom. The molecule has 2 amide bonds. The van der Waals surface area contributed by atoms with E-state index in [4.69, 9.17) is 0 Å². The summed E-state index contributed by atoms with van der Waals surface area (Å²) in [5, 5.41) is 4.16. The summed E-state index contributed by atoms with van der Waals surface area (Å²) in [7, 11) is 0. The second kappa shape index (κ2) is 10.5. The molecule has 4 aromatic rings. The molecule has 2 N–H and O–H groups in total. The zero-order chi connectivity index (χ0) is 26.1. The van der Waals surface area contributed by atoms with Crippen LogP contribution in [-0.2, 0) is 4.79 Å². The number of nitrogens with one attached hydrogen (secondary N) is 2. The fourth-order valence-corrected chi connectivity index (χ4v) is 5.98. The lowest BCUT2D eigenvalue weighted by Crippen LogP contribution is -2.36. The number of carbonyl (C=O) groups excluding carboxylic acids is 2. The predicted octanol–water partition coefficient (Wildman–Crippen LogP) is 5.29. The summed E-state index contributed by atoms with van der Waals surface area (Å²) in [6.45, 7) is 6.21. The lowest BCUT2D eigenvalue weighted by Gasteiger charge is -2.26. The predicted molar refractivity (Wildman–Crippen MR) is 151 cm³/mol. The summed E-state index contributed by atoms with van der Waals surface area (Å²) in [5.41, 5.74) is 7.12. The average Bonchev–Trinajstić information content (AvgIpc) is 3.65. The van der Waals surface area contributed by atoms with Crippen molar-refractivity contribution < 1.29 is 9.59 Å². The maximum absolute atomic E-state index is 13.7. The molecule has 0 saturated carbocycles. The number of likely N-dealkylation sites (tertiary alicyclic amines) is 1. The average molecular weight is 507 g/mol. The van der Waals surface area contributed by atoms with Gasteiger partial charge in [-0.2, -0.15) is 0 Å². The Labute approximate surface area is 223 Å². The topological polar surface area (TPSA) is 68.4 Å². The molecule has 6 rings (SSSR count). The highest BCUT2D eigenvalue weighted by molar-refractivity contribution is 6.02. The lowest BCUT2D eigenvalue weighted by atomic mass is 9.93. The molecule has 3 heterocycles. The number of amides is 2. The number of nitrogens with zero attached hydrogens (tertiary/aromatic N) is 2. The molecule has 194 valence electrons. The quantitative estimate of drug-likeness (QED) is 0.341. The summed E-state index contributed by atoms with van der Waals surface area (Å²) in [4.78, 5) is 34.4. The first-order valence-corrected chi connectivity index (χ1v) is 13.7. The van der Waals surface area contributed by atoms with Gasteiger partial charge in [0.15, 0.2) is 0 Å². The number of benzene rings is 3. The molecule has 6 nitrogen and oxygen atoms in total. The third-order valence-electron chi connectivity index (χ3n) is 7.95. The third kappa shape index (κ3) is 4.61. The Bertz CT molecular complexity index is 1470. The van der Waals surface area contributed by atoms with Crippen molar-refractivity contribution in [2.24, 2.45) is 0 Å². The van der Waals surface area contributed by atoms with Gasteiger partial charge in [0.05, 0.1) is 11.7 Å². The van der Waals surface area contributed by atoms with Gasteiger partial charge in [-0.05, 0) is 56.1 Å². The van der Waals surface area contributed by atoms with E-state index in [1.54, 1.807) is 0 Å². The third-order valence-corrected chi connectivity index (χ3v) is 7.95. The van der Waals surface area contributed by atoms with Crippen molar-refractivity contribution in [2.45, 2.75) is 32.2 Å². The molecule has 1 saturated heterocycles. The van der Waals surface area contributed by atoms with Gasteiger partial charge in [-0.3, -0.25) is 9.59 Å². The normalized spacial score (nSPS) is 17.3. The molecule has 0 radical (unpaired) electrons. The minimum absolute atomic E-state index is 0.00983. The summed E-state index contributed by atoms with van der Waals surface area (Å²) >= 11 is 0. The van der Waals surface area contributed by atoms with Gasteiger partial charge in [0.25, 0.3) is 5.91 Å². The number of aromatic amines is 1. The van der Waals surface area contributed by atoms with Crippen LogP contribution in [0.15, 0.2) is 72.8 Å². The fraction of sp³-hybridized carbons (Fsp3) is 0.312. The van der Waals surface area contributed by atoms with E-state index in [1.807, 2.05) is 35.2 Å². The van der Waals surface area contributed by atoms with E-state index in [1.165, 1.54) is 18.4 Å². The zero-order valence-electron chi connectivity index (χ0n) is 21.9. The van der Waals surface area contributed by atoms with Crippen molar-refractivity contribution in [1.29, 1.82) is 0 Å². The molecule has 1 aromatic heterocycles. The molecular weight excluding hydrogens is 472 g/mol. The highest BCUT2D eigenvalue weighted by Gasteiger charge is 2.40. The van der Waals surface area contributed by atoms with E-state index in [-0.39, 0.29) is 24.3 Å². The molecule has 6 heteroatoms.